The third kappa shape index (κ3) is 2.46. The minimum absolute atomic E-state index is 0.233. The Morgan fingerprint density at radius 3 is 2.85 bits per heavy atom. The molecular formula is C10H11ClO2. The number of carbonyl (C=O) groups is 1. The van der Waals surface area contributed by atoms with Crippen molar-refractivity contribution in [1.82, 2.24) is 0 Å². The van der Waals surface area contributed by atoms with Crippen molar-refractivity contribution in [2.45, 2.75) is 13.3 Å². The molecule has 3 heteroatoms. The van der Waals surface area contributed by atoms with Gasteiger partial charge in [0, 0.05) is 5.02 Å². The van der Waals surface area contributed by atoms with E-state index < -0.39 is 0 Å². The zero-order chi connectivity index (χ0) is 9.84. The van der Waals surface area contributed by atoms with Crippen LogP contribution in [0.5, 0.6) is 0 Å². The molecule has 0 atom stereocenters. The predicted octanol–water partition coefficient (Wildman–Crippen LogP) is 2.36. The van der Waals surface area contributed by atoms with E-state index in [2.05, 4.69) is 4.74 Å². The SMILES string of the molecule is COC(=O)Cc1cccc(C)c1Cl. The minimum Gasteiger partial charge on any atom is -0.469 e. The van der Waals surface area contributed by atoms with Crippen molar-refractivity contribution in [1.29, 1.82) is 0 Å². The molecule has 1 rings (SSSR count). The van der Waals surface area contributed by atoms with Crippen LogP contribution >= 0.6 is 11.6 Å². The molecule has 0 saturated heterocycles. The summed E-state index contributed by atoms with van der Waals surface area (Å²) in [5.74, 6) is -0.271. The summed E-state index contributed by atoms with van der Waals surface area (Å²) in [7, 11) is 1.37. The first-order chi connectivity index (χ1) is 6.15. The maximum atomic E-state index is 11.0. The second kappa shape index (κ2) is 4.28. The lowest BCUT2D eigenvalue weighted by atomic mass is 10.1. The standard InChI is InChI=1S/C10H11ClO2/c1-7-4-3-5-8(10(7)11)6-9(12)13-2/h3-5H,6H2,1-2H3. The van der Waals surface area contributed by atoms with Crippen LogP contribution in [0.4, 0.5) is 0 Å². The van der Waals surface area contributed by atoms with Crippen LogP contribution in [0.25, 0.3) is 0 Å². The van der Waals surface area contributed by atoms with Crippen molar-refractivity contribution in [2.75, 3.05) is 7.11 Å². The summed E-state index contributed by atoms with van der Waals surface area (Å²) in [6.45, 7) is 1.91. The third-order valence-electron chi connectivity index (χ3n) is 1.83. The highest BCUT2D eigenvalue weighted by atomic mass is 35.5. The van der Waals surface area contributed by atoms with Gasteiger partial charge in [-0.1, -0.05) is 29.8 Å². The Morgan fingerprint density at radius 1 is 1.54 bits per heavy atom. The Balaban J connectivity index is 2.89. The van der Waals surface area contributed by atoms with Gasteiger partial charge in [-0.3, -0.25) is 4.79 Å². The lowest BCUT2D eigenvalue weighted by Gasteiger charge is -2.04. The first-order valence-electron chi connectivity index (χ1n) is 3.96. The van der Waals surface area contributed by atoms with E-state index in [0.717, 1.165) is 11.1 Å². The molecule has 0 radical (unpaired) electrons. The van der Waals surface area contributed by atoms with Crippen molar-refractivity contribution in [3.8, 4) is 0 Å². The van der Waals surface area contributed by atoms with Gasteiger partial charge in [0.2, 0.25) is 0 Å². The summed E-state index contributed by atoms with van der Waals surface area (Å²) >= 11 is 5.99. The third-order valence-corrected chi connectivity index (χ3v) is 2.38. The minimum atomic E-state index is -0.271. The van der Waals surface area contributed by atoms with Gasteiger partial charge < -0.3 is 4.74 Å². The summed E-state index contributed by atoms with van der Waals surface area (Å²) in [4.78, 5) is 11.0. The Kier molecular flexibility index (Phi) is 3.32. The largest absolute Gasteiger partial charge is 0.469 e. The summed E-state index contributed by atoms with van der Waals surface area (Å²) in [5.41, 5.74) is 1.79. The number of halogens is 1. The lowest BCUT2D eigenvalue weighted by Crippen LogP contribution is -2.05. The number of hydrogen-bond donors (Lipinski definition) is 0. The highest BCUT2D eigenvalue weighted by molar-refractivity contribution is 6.32. The zero-order valence-electron chi connectivity index (χ0n) is 7.63. The van der Waals surface area contributed by atoms with E-state index in [4.69, 9.17) is 11.6 Å². The number of methoxy groups -OCH3 is 1. The van der Waals surface area contributed by atoms with Gasteiger partial charge >= 0.3 is 5.97 Å². The van der Waals surface area contributed by atoms with Crippen LogP contribution in [-0.2, 0) is 16.0 Å². The smallest absolute Gasteiger partial charge is 0.310 e. The van der Waals surface area contributed by atoms with Gasteiger partial charge in [0.25, 0.3) is 0 Å². The molecule has 0 aliphatic heterocycles. The summed E-state index contributed by atoms with van der Waals surface area (Å²) in [5, 5.41) is 0.646. The molecular weight excluding hydrogens is 188 g/mol. The van der Waals surface area contributed by atoms with Crippen molar-refractivity contribution in [3.05, 3.63) is 34.3 Å². The first kappa shape index (κ1) is 10.1. The molecule has 0 unspecified atom stereocenters. The molecule has 0 amide bonds. The van der Waals surface area contributed by atoms with Gasteiger partial charge in [-0.25, -0.2) is 0 Å². The van der Waals surface area contributed by atoms with E-state index in [1.165, 1.54) is 7.11 Å². The fourth-order valence-corrected chi connectivity index (χ4v) is 1.27. The van der Waals surface area contributed by atoms with E-state index in [1.54, 1.807) is 0 Å². The maximum Gasteiger partial charge on any atom is 0.310 e. The number of ether oxygens (including phenoxy) is 1. The van der Waals surface area contributed by atoms with E-state index in [0.29, 0.717) is 5.02 Å². The van der Waals surface area contributed by atoms with E-state index in [-0.39, 0.29) is 12.4 Å². The normalized spacial score (nSPS) is 9.77. The summed E-state index contributed by atoms with van der Waals surface area (Å²) < 4.78 is 4.55. The fraction of sp³-hybridized carbons (Fsp3) is 0.300. The lowest BCUT2D eigenvalue weighted by molar-refractivity contribution is -0.139. The van der Waals surface area contributed by atoms with Crippen LogP contribution < -0.4 is 0 Å². The molecule has 0 aliphatic carbocycles. The van der Waals surface area contributed by atoms with Gasteiger partial charge in [0.15, 0.2) is 0 Å². The van der Waals surface area contributed by atoms with E-state index in [1.807, 2.05) is 25.1 Å². The predicted molar refractivity (Wildman–Crippen MR) is 51.9 cm³/mol. The Bertz CT molecular complexity index is 321. The van der Waals surface area contributed by atoms with Crippen LogP contribution in [0, 0.1) is 6.92 Å². The average molecular weight is 199 g/mol. The second-order valence-corrected chi connectivity index (χ2v) is 3.18. The van der Waals surface area contributed by atoms with Gasteiger partial charge in [-0.05, 0) is 18.1 Å². The molecule has 0 N–H and O–H groups in total. The maximum absolute atomic E-state index is 11.0. The molecule has 1 aromatic carbocycles. The van der Waals surface area contributed by atoms with Crippen LogP contribution in [0.2, 0.25) is 5.02 Å². The van der Waals surface area contributed by atoms with Crippen LogP contribution in [0.1, 0.15) is 11.1 Å². The van der Waals surface area contributed by atoms with Gasteiger partial charge in [-0.2, -0.15) is 0 Å². The molecule has 2 nitrogen and oxygen atoms in total. The molecule has 0 bridgehead atoms. The number of carbonyl (C=O) groups excluding carboxylic acids is 1. The molecule has 0 aliphatic rings. The Hall–Kier alpha value is -1.02. The van der Waals surface area contributed by atoms with Crippen molar-refractivity contribution in [3.63, 3.8) is 0 Å². The molecule has 0 saturated carbocycles. The van der Waals surface area contributed by atoms with Crippen molar-refractivity contribution in [2.24, 2.45) is 0 Å². The number of hydrogen-bond acceptors (Lipinski definition) is 2. The highest BCUT2D eigenvalue weighted by Crippen LogP contribution is 2.20. The number of benzene rings is 1. The van der Waals surface area contributed by atoms with Crippen LogP contribution in [0.15, 0.2) is 18.2 Å². The number of esters is 1. The van der Waals surface area contributed by atoms with Crippen molar-refractivity contribution < 1.29 is 9.53 Å². The zero-order valence-corrected chi connectivity index (χ0v) is 8.39. The Labute approximate surface area is 82.5 Å². The molecule has 1 aromatic rings. The molecule has 0 fully saturated rings. The molecule has 0 aromatic heterocycles. The van der Waals surface area contributed by atoms with E-state index >= 15 is 0 Å². The molecule has 13 heavy (non-hydrogen) atoms. The van der Waals surface area contributed by atoms with Crippen LogP contribution in [-0.4, -0.2) is 13.1 Å². The van der Waals surface area contributed by atoms with Gasteiger partial charge in [-0.15, -0.1) is 0 Å². The monoisotopic (exact) mass is 198 g/mol. The number of aryl methyl sites for hydroxylation is 1. The molecule has 0 spiro atoms. The molecule has 0 heterocycles. The average Bonchev–Trinajstić information content (AvgIpc) is 2.13. The van der Waals surface area contributed by atoms with Gasteiger partial charge in [0.1, 0.15) is 0 Å². The first-order valence-corrected chi connectivity index (χ1v) is 4.33. The second-order valence-electron chi connectivity index (χ2n) is 2.80. The van der Waals surface area contributed by atoms with Crippen LogP contribution in [0.3, 0.4) is 0 Å². The Morgan fingerprint density at radius 2 is 2.23 bits per heavy atom. The summed E-state index contributed by atoms with van der Waals surface area (Å²) in [6.07, 6.45) is 0.233. The highest BCUT2D eigenvalue weighted by Gasteiger charge is 2.07. The topological polar surface area (TPSA) is 26.3 Å². The number of rotatable bonds is 2. The van der Waals surface area contributed by atoms with Gasteiger partial charge in [0.05, 0.1) is 13.5 Å². The van der Waals surface area contributed by atoms with E-state index in [9.17, 15) is 4.79 Å². The van der Waals surface area contributed by atoms with Crippen molar-refractivity contribution >= 4 is 17.6 Å². The quantitative estimate of drug-likeness (QED) is 0.682. The molecule has 70 valence electrons. The fourth-order valence-electron chi connectivity index (χ4n) is 1.07. The summed E-state index contributed by atoms with van der Waals surface area (Å²) in [6, 6.07) is 5.61.